The quantitative estimate of drug-likeness (QED) is 0.793. The summed E-state index contributed by atoms with van der Waals surface area (Å²) in [4.78, 5) is 13.9. The third-order valence-corrected chi connectivity index (χ3v) is 4.00. The maximum absolute atomic E-state index is 11.5. The maximum atomic E-state index is 11.5. The molecule has 0 spiro atoms. The fraction of sp³-hybridized carbons (Fsp3) is 0.900. The molecule has 1 aliphatic carbocycles. The Bertz CT molecular complexity index is 246. The highest BCUT2D eigenvalue weighted by atomic mass is 35.5. The highest BCUT2D eigenvalue weighted by molar-refractivity contribution is 7.99. The molecule has 17 heavy (non-hydrogen) atoms. The number of halogens is 2. The Morgan fingerprint density at radius 2 is 1.88 bits per heavy atom. The van der Waals surface area contributed by atoms with Crippen LogP contribution in [0.3, 0.4) is 0 Å². The number of nitrogens with one attached hydrogen (secondary N) is 1. The molecule has 1 amide bonds. The lowest BCUT2D eigenvalue weighted by Crippen LogP contribution is -2.46. The van der Waals surface area contributed by atoms with E-state index in [1.807, 2.05) is 11.8 Å². The van der Waals surface area contributed by atoms with Gasteiger partial charge in [-0.25, -0.2) is 0 Å². The Labute approximate surface area is 119 Å². The minimum absolute atomic E-state index is 0. The van der Waals surface area contributed by atoms with Gasteiger partial charge in [-0.1, -0.05) is 0 Å². The molecule has 0 aromatic carbocycles. The van der Waals surface area contributed by atoms with Crippen LogP contribution in [0.1, 0.15) is 12.8 Å². The first-order valence-electron chi connectivity index (χ1n) is 5.58. The van der Waals surface area contributed by atoms with E-state index in [1.165, 1.54) is 11.5 Å². The monoisotopic (exact) mass is 301 g/mol. The van der Waals surface area contributed by atoms with Crippen LogP contribution in [0.5, 0.6) is 0 Å². The van der Waals surface area contributed by atoms with Gasteiger partial charge in [0, 0.05) is 37.7 Å². The van der Waals surface area contributed by atoms with E-state index in [4.69, 9.17) is 5.73 Å². The predicted octanol–water partition coefficient (Wildman–Crippen LogP) is 0.486. The van der Waals surface area contributed by atoms with Crippen molar-refractivity contribution >= 4 is 42.5 Å². The van der Waals surface area contributed by atoms with Gasteiger partial charge in [0.2, 0.25) is 5.91 Å². The lowest BCUT2D eigenvalue weighted by atomic mass is 10.3. The summed E-state index contributed by atoms with van der Waals surface area (Å²) < 4.78 is 0. The molecular formula is C10H21Cl2N3OS. The molecular weight excluding hydrogens is 281 g/mol. The molecule has 7 heteroatoms. The molecule has 2 aliphatic rings. The fourth-order valence-electron chi connectivity index (χ4n) is 1.69. The fourth-order valence-corrected chi connectivity index (χ4v) is 2.67. The zero-order valence-electron chi connectivity index (χ0n) is 9.81. The van der Waals surface area contributed by atoms with Gasteiger partial charge in [-0.05, 0) is 12.8 Å². The van der Waals surface area contributed by atoms with Crippen molar-refractivity contribution in [2.75, 3.05) is 37.7 Å². The second kappa shape index (κ2) is 7.69. The van der Waals surface area contributed by atoms with Gasteiger partial charge in [0.15, 0.2) is 0 Å². The molecule has 0 aromatic heterocycles. The van der Waals surface area contributed by atoms with Crippen LogP contribution in [0, 0.1) is 0 Å². The topological polar surface area (TPSA) is 58.4 Å². The van der Waals surface area contributed by atoms with Crippen LogP contribution in [-0.4, -0.2) is 54.0 Å². The van der Waals surface area contributed by atoms with Gasteiger partial charge in [-0.15, -0.1) is 24.8 Å². The van der Waals surface area contributed by atoms with Crippen LogP contribution in [0.2, 0.25) is 0 Å². The third kappa shape index (κ3) is 5.22. The van der Waals surface area contributed by atoms with E-state index < -0.39 is 5.54 Å². The highest BCUT2D eigenvalue weighted by Gasteiger charge is 2.45. The normalized spacial score (nSPS) is 21.9. The number of nitrogens with zero attached hydrogens (tertiary/aromatic N) is 1. The van der Waals surface area contributed by atoms with Crippen LogP contribution < -0.4 is 11.1 Å². The van der Waals surface area contributed by atoms with Crippen LogP contribution in [0.25, 0.3) is 0 Å². The minimum Gasteiger partial charge on any atom is -0.353 e. The maximum Gasteiger partial charge on any atom is 0.240 e. The Hall–Kier alpha value is 0.320. The van der Waals surface area contributed by atoms with Gasteiger partial charge in [0.25, 0.3) is 0 Å². The van der Waals surface area contributed by atoms with E-state index in [-0.39, 0.29) is 30.7 Å². The average molecular weight is 302 g/mol. The van der Waals surface area contributed by atoms with Crippen molar-refractivity contribution in [3.05, 3.63) is 0 Å². The molecule has 1 saturated carbocycles. The van der Waals surface area contributed by atoms with Crippen LogP contribution in [0.4, 0.5) is 0 Å². The van der Waals surface area contributed by atoms with E-state index in [0.717, 1.165) is 39.0 Å². The van der Waals surface area contributed by atoms with E-state index in [1.54, 1.807) is 0 Å². The summed E-state index contributed by atoms with van der Waals surface area (Å²) in [5, 5.41) is 2.92. The Balaban J connectivity index is 0.00000128. The summed E-state index contributed by atoms with van der Waals surface area (Å²) in [5.41, 5.74) is 5.26. The SMILES string of the molecule is Cl.Cl.NC1(C(=O)NCCN2CCSCC2)CC1. The number of amides is 1. The smallest absolute Gasteiger partial charge is 0.240 e. The number of carbonyl (C=O) groups excluding carboxylic acids is 1. The van der Waals surface area contributed by atoms with Gasteiger partial charge >= 0.3 is 0 Å². The molecule has 102 valence electrons. The standard InChI is InChI=1S/C10H19N3OS.2ClH/c11-10(1-2-10)9(14)12-3-4-13-5-7-15-8-6-13;;/h1-8,11H2,(H,12,14);2*1H. The summed E-state index contributed by atoms with van der Waals surface area (Å²) in [6, 6.07) is 0. The Kier molecular flexibility index (Phi) is 7.83. The first kappa shape index (κ1) is 17.3. The van der Waals surface area contributed by atoms with Crippen LogP contribution in [0.15, 0.2) is 0 Å². The predicted molar refractivity (Wildman–Crippen MR) is 77.4 cm³/mol. The molecule has 2 rings (SSSR count). The number of hydrogen-bond donors (Lipinski definition) is 2. The third-order valence-electron chi connectivity index (χ3n) is 3.06. The average Bonchev–Trinajstić information content (AvgIpc) is 2.99. The molecule has 1 saturated heterocycles. The number of rotatable bonds is 4. The van der Waals surface area contributed by atoms with Crippen molar-refractivity contribution < 1.29 is 4.79 Å². The number of hydrogen-bond acceptors (Lipinski definition) is 4. The van der Waals surface area contributed by atoms with Crippen molar-refractivity contribution in [2.45, 2.75) is 18.4 Å². The second-order valence-corrected chi connectivity index (χ2v) is 5.59. The molecule has 0 radical (unpaired) electrons. The molecule has 1 heterocycles. The molecule has 0 atom stereocenters. The van der Waals surface area contributed by atoms with E-state index in [9.17, 15) is 4.79 Å². The lowest BCUT2D eigenvalue weighted by Gasteiger charge is -2.26. The first-order valence-corrected chi connectivity index (χ1v) is 6.73. The van der Waals surface area contributed by atoms with Crippen molar-refractivity contribution in [2.24, 2.45) is 5.73 Å². The van der Waals surface area contributed by atoms with Crippen LogP contribution >= 0.6 is 36.6 Å². The highest BCUT2D eigenvalue weighted by Crippen LogP contribution is 2.31. The largest absolute Gasteiger partial charge is 0.353 e. The van der Waals surface area contributed by atoms with Gasteiger partial charge in [-0.2, -0.15) is 11.8 Å². The summed E-state index contributed by atoms with van der Waals surface area (Å²) in [5.74, 6) is 2.47. The number of nitrogens with two attached hydrogens (primary N) is 1. The zero-order chi connectivity index (χ0) is 10.7. The Morgan fingerprint density at radius 1 is 1.29 bits per heavy atom. The van der Waals surface area contributed by atoms with Gasteiger partial charge in [0.05, 0.1) is 5.54 Å². The lowest BCUT2D eigenvalue weighted by molar-refractivity contribution is -0.123. The van der Waals surface area contributed by atoms with Gasteiger partial charge < -0.3 is 11.1 Å². The summed E-state index contributed by atoms with van der Waals surface area (Å²) in [6.45, 7) is 3.99. The van der Waals surface area contributed by atoms with Crippen molar-refractivity contribution in [1.82, 2.24) is 10.2 Å². The van der Waals surface area contributed by atoms with Crippen molar-refractivity contribution in [3.8, 4) is 0 Å². The molecule has 1 aliphatic heterocycles. The van der Waals surface area contributed by atoms with E-state index >= 15 is 0 Å². The second-order valence-electron chi connectivity index (χ2n) is 4.37. The molecule has 0 unspecified atom stereocenters. The first-order chi connectivity index (χ1) is 7.21. The van der Waals surface area contributed by atoms with E-state index in [0.29, 0.717) is 0 Å². The number of thioether (sulfide) groups is 1. The molecule has 0 bridgehead atoms. The van der Waals surface area contributed by atoms with Gasteiger partial charge in [-0.3, -0.25) is 9.69 Å². The summed E-state index contributed by atoms with van der Waals surface area (Å²) in [6.07, 6.45) is 1.69. The number of carbonyl (C=O) groups is 1. The molecule has 4 nitrogen and oxygen atoms in total. The van der Waals surface area contributed by atoms with Crippen molar-refractivity contribution in [3.63, 3.8) is 0 Å². The van der Waals surface area contributed by atoms with Crippen LogP contribution in [-0.2, 0) is 4.79 Å². The Morgan fingerprint density at radius 3 is 2.41 bits per heavy atom. The summed E-state index contributed by atoms with van der Waals surface area (Å²) >= 11 is 2.00. The minimum atomic E-state index is -0.516. The van der Waals surface area contributed by atoms with E-state index in [2.05, 4.69) is 10.2 Å². The molecule has 0 aromatic rings. The van der Waals surface area contributed by atoms with Crippen molar-refractivity contribution in [1.29, 1.82) is 0 Å². The molecule has 3 N–H and O–H groups in total. The zero-order valence-corrected chi connectivity index (χ0v) is 12.3. The van der Waals surface area contributed by atoms with Gasteiger partial charge in [0.1, 0.15) is 0 Å². The summed E-state index contributed by atoms with van der Waals surface area (Å²) in [7, 11) is 0. The molecule has 2 fully saturated rings.